The maximum Gasteiger partial charge on any atom is 0.0399 e. The van der Waals surface area contributed by atoms with Gasteiger partial charge in [-0.1, -0.05) is 22.9 Å². The van der Waals surface area contributed by atoms with E-state index in [-0.39, 0.29) is 0 Å². The average molecular weight is 323 g/mol. The molecule has 2 nitrogen and oxygen atoms in total. The van der Waals surface area contributed by atoms with E-state index in [9.17, 15) is 0 Å². The minimum absolute atomic E-state index is 0.704. The third kappa shape index (κ3) is 3.14. The van der Waals surface area contributed by atoms with Gasteiger partial charge in [-0.15, -0.1) is 0 Å². The quantitative estimate of drug-likeness (QED) is 0.914. The van der Waals surface area contributed by atoms with Gasteiger partial charge in [0.15, 0.2) is 0 Å². The van der Waals surface area contributed by atoms with Gasteiger partial charge in [0.1, 0.15) is 0 Å². The molecule has 1 aromatic rings. The number of hydrogen-bond donors (Lipinski definition) is 1. The smallest absolute Gasteiger partial charge is 0.0399 e. The molecule has 3 heteroatoms. The summed E-state index contributed by atoms with van der Waals surface area (Å²) >= 11 is 3.59. The Hall–Kier alpha value is -0.540. The Bertz CT molecular complexity index is 442. The van der Waals surface area contributed by atoms with Crippen molar-refractivity contribution in [2.75, 3.05) is 24.5 Å². The fourth-order valence-corrected chi connectivity index (χ4v) is 3.54. The highest BCUT2D eigenvalue weighted by Gasteiger charge is 2.33. The summed E-state index contributed by atoms with van der Waals surface area (Å²) in [6.07, 6.45) is 5.20. The fourth-order valence-electron chi connectivity index (χ4n) is 3.13. The van der Waals surface area contributed by atoms with Crippen LogP contribution in [-0.2, 0) is 6.42 Å². The van der Waals surface area contributed by atoms with Gasteiger partial charge in [-0.2, -0.15) is 0 Å². The Morgan fingerprint density at radius 3 is 2.95 bits per heavy atom. The maximum atomic E-state index is 3.74. The van der Waals surface area contributed by atoms with Crippen molar-refractivity contribution in [1.29, 1.82) is 0 Å². The highest BCUT2D eigenvalue weighted by atomic mass is 79.9. The minimum Gasteiger partial charge on any atom is -0.370 e. The van der Waals surface area contributed by atoms with Crippen molar-refractivity contribution in [3.8, 4) is 0 Å². The first-order valence-electron chi connectivity index (χ1n) is 7.54. The summed E-state index contributed by atoms with van der Waals surface area (Å²) in [5.74, 6) is 0.932. The van der Waals surface area contributed by atoms with Crippen LogP contribution in [-0.4, -0.2) is 25.7 Å². The highest BCUT2D eigenvalue weighted by Crippen LogP contribution is 2.35. The van der Waals surface area contributed by atoms with Crippen LogP contribution in [0, 0.1) is 5.92 Å². The van der Waals surface area contributed by atoms with Crippen LogP contribution in [0.3, 0.4) is 0 Å². The molecular weight excluding hydrogens is 300 g/mol. The van der Waals surface area contributed by atoms with Crippen LogP contribution in [0.4, 0.5) is 5.69 Å². The zero-order valence-corrected chi connectivity index (χ0v) is 13.2. The first kappa shape index (κ1) is 13.4. The fraction of sp³-hybridized carbons (Fsp3) is 0.625. The lowest BCUT2D eigenvalue weighted by molar-refractivity contribution is 0.490. The van der Waals surface area contributed by atoms with E-state index in [1.807, 2.05) is 0 Å². The van der Waals surface area contributed by atoms with Crippen LogP contribution in [0.5, 0.6) is 0 Å². The maximum absolute atomic E-state index is 3.74. The summed E-state index contributed by atoms with van der Waals surface area (Å²) < 4.78 is 1.19. The first-order chi connectivity index (χ1) is 9.28. The van der Waals surface area contributed by atoms with E-state index < -0.39 is 0 Å². The number of rotatable bonds is 3. The summed E-state index contributed by atoms with van der Waals surface area (Å²) in [7, 11) is 0. The average Bonchev–Trinajstić information content (AvgIpc) is 3.24. The second-order valence-electron chi connectivity index (χ2n) is 5.82. The Balaban J connectivity index is 1.82. The third-order valence-corrected chi connectivity index (χ3v) is 4.88. The second kappa shape index (κ2) is 5.84. The lowest BCUT2D eigenvalue weighted by Crippen LogP contribution is -2.39. The van der Waals surface area contributed by atoms with Crippen molar-refractivity contribution in [3.63, 3.8) is 0 Å². The molecule has 0 bridgehead atoms. The molecule has 2 aliphatic rings. The zero-order valence-electron chi connectivity index (χ0n) is 11.7. The molecule has 1 saturated heterocycles. The molecule has 1 saturated carbocycles. The Kier molecular flexibility index (Phi) is 4.13. The van der Waals surface area contributed by atoms with Gasteiger partial charge in [0.05, 0.1) is 0 Å². The highest BCUT2D eigenvalue weighted by molar-refractivity contribution is 9.10. The van der Waals surface area contributed by atoms with Crippen LogP contribution in [0.25, 0.3) is 0 Å². The first-order valence-corrected chi connectivity index (χ1v) is 8.34. The van der Waals surface area contributed by atoms with Crippen molar-refractivity contribution < 1.29 is 0 Å². The van der Waals surface area contributed by atoms with Gasteiger partial charge in [-0.3, -0.25) is 0 Å². The Labute approximate surface area is 124 Å². The van der Waals surface area contributed by atoms with Crippen LogP contribution in [0.15, 0.2) is 22.7 Å². The van der Waals surface area contributed by atoms with Crippen molar-refractivity contribution in [3.05, 3.63) is 28.2 Å². The van der Waals surface area contributed by atoms with Crippen LogP contribution in [0.2, 0.25) is 0 Å². The van der Waals surface area contributed by atoms with Crippen molar-refractivity contribution in [2.24, 2.45) is 5.92 Å². The topological polar surface area (TPSA) is 15.3 Å². The van der Waals surface area contributed by atoms with Gasteiger partial charge in [0.25, 0.3) is 0 Å². The van der Waals surface area contributed by atoms with E-state index in [2.05, 4.69) is 51.3 Å². The Morgan fingerprint density at radius 1 is 1.37 bits per heavy atom. The molecule has 0 amide bonds. The molecule has 3 rings (SSSR count). The van der Waals surface area contributed by atoms with E-state index >= 15 is 0 Å². The molecule has 1 N–H and O–H groups in total. The van der Waals surface area contributed by atoms with Gasteiger partial charge in [0, 0.05) is 29.3 Å². The van der Waals surface area contributed by atoms with Gasteiger partial charge < -0.3 is 10.2 Å². The lowest BCUT2D eigenvalue weighted by atomic mass is 10.1. The summed E-state index contributed by atoms with van der Waals surface area (Å²) in [5, 5.41) is 3.74. The molecule has 0 spiro atoms. The van der Waals surface area contributed by atoms with Gasteiger partial charge in [-0.25, -0.2) is 0 Å². The van der Waals surface area contributed by atoms with E-state index in [4.69, 9.17) is 0 Å². The number of benzene rings is 1. The number of nitrogens with zero attached hydrogens (tertiary/aromatic N) is 1. The number of aryl methyl sites for hydroxylation is 1. The zero-order chi connectivity index (χ0) is 13.2. The van der Waals surface area contributed by atoms with Gasteiger partial charge in [0.2, 0.25) is 0 Å². The van der Waals surface area contributed by atoms with Crippen LogP contribution in [0.1, 0.15) is 31.7 Å². The summed E-state index contributed by atoms with van der Waals surface area (Å²) in [4.78, 5) is 2.61. The predicted octanol–water partition coefficient (Wildman–Crippen LogP) is 3.59. The summed E-state index contributed by atoms with van der Waals surface area (Å²) in [6, 6.07) is 7.45. The number of halogens is 1. The van der Waals surface area contributed by atoms with E-state index in [0.29, 0.717) is 6.04 Å². The Morgan fingerprint density at radius 2 is 2.21 bits per heavy atom. The molecule has 0 radical (unpaired) electrons. The monoisotopic (exact) mass is 322 g/mol. The van der Waals surface area contributed by atoms with E-state index in [1.165, 1.54) is 54.6 Å². The molecule has 0 aromatic heterocycles. The van der Waals surface area contributed by atoms with Gasteiger partial charge >= 0.3 is 0 Å². The summed E-state index contributed by atoms with van der Waals surface area (Å²) in [5.41, 5.74) is 2.91. The molecule has 1 aromatic carbocycles. The minimum atomic E-state index is 0.704. The standard InChI is InChI=1S/C16H23BrN2/c1-2-12-10-14(17)6-7-16(12)19-9-3-8-18-15(11-19)13-4-5-13/h6-7,10,13,15,18H,2-5,8-9,11H2,1H3. The largest absolute Gasteiger partial charge is 0.370 e. The molecule has 1 heterocycles. The molecular formula is C16H23BrN2. The molecule has 1 aliphatic heterocycles. The second-order valence-corrected chi connectivity index (χ2v) is 6.74. The van der Waals surface area contributed by atoms with Crippen LogP contribution < -0.4 is 10.2 Å². The lowest BCUT2D eigenvalue weighted by Gasteiger charge is -2.28. The van der Waals surface area contributed by atoms with Crippen molar-refractivity contribution in [2.45, 2.75) is 38.6 Å². The number of nitrogens with one attached hydrogen (secondary N) is 1. The van der Waals surface area contributed by atoms with Crippen molar-refractivity contribution in [1.82, 2.24) is 5.32 Å². The molecule has 1 unspecified atom stereocenters. The number of hydrogen-bond acceptors (Lipinski definition) is 2. The molecule has 2 fully saturated rings. The SMILES string of the molecule is CCc1cc(Br)ccc1N1CCCNC(C2CC2)C1. The number of anilines is 1. The molecule has 19 heavy (non-hydrogen) atoms. The molecule has 104 valence electrons. The van der Waals surface area contributed by atoms with Crippen molar-refractivity contribution >= 4 is 21.6 Å². The predicted molar refractivity (Wildman–Crippen MR) is 84.9 cm³/mol. The van der Waals surface area contributed by atoms with Crippen LogP contribution >= 0.6 is 15.9 Å². The van der Waals surface area contributed by atoms with E-state index in [1.54, 1.807) is 0 Å². The molecule has 1 atom stereocenters. The summed E-state index contributed by atoms with van der Waals surface area (Å²) in [6.45, 7) is 5.79. The molecule has 1 aliphatic carbocycles. The third-order valence-electron chi connectivity index (χ3n) is 4.38. The van der Waals surface area contributed by atoms with E-state index in [0.717, 1.165) is 12.3 Å². The normalized spacial score (nSPS) is 24.3. The van der Waals surface area contributed by atoms with Gasteiger partial charge in [-0.05, 0) is 61.9 Å².